The van der Waals surface area contributed by atoms with Crippen molar-refractivity contribution >= 4 is 23.2 Å². The summed E-state index contributed by atoms with van der Waals surface area (Å²) in [5.74, 6) is 0.583. The van der Waals surface area contributed by atoms with E-state index in [0.29, 0.717) is 22.9 Å². The van der Waals surface area contributed by atoms with Gasteiger partial charge in [-0.25, -0.2) is 9.97 Å². The predicted molar refractivity (Wildman–Crippen MR) is 92.1 cm³/mol. The maximum absolute atomic E-state index is 12.1. The van der Waals surface area contributed by atoms with Crippen LogP contribution in [0.25, 0.3) is 0 Å². The zero-order valence-corrected chi connectivity index (χ0v) is 13.8. The van der Waals surface area contributed by atoms with Gasteiger partial charge in [-0.15, -0.1) is 0 Å². The Labute approximate surface area is 135 Å². The van der Waals surface area contributed by atoms with Crippen LogP contribution < -0.4 is 21.9 Å². The van der Waals surface area contributed by atoms with Gasteiger partial charge >= 0.3 is 0 Å². The Balaban J connectivity index is 2.07. The highest BCUT2D eigenvalue weighted by Gasteiger charge is 2.15. The summed E-state index contributed by atoms with van der Waals surface area (Å²) in [4.78, 5) is 20.2. The lowest BCUT2D eigenvalue weighted by atomic mass is 10.1. The summed E-state index contributed by atoms with van der Waals surface area (Å²) in [6.07, 6.45) is 1.38. The lowest BCUT2D eigenvalue weighted by Gasteiger charge is -2.22. The monoisotopic (exact) mass is 314 g/mol. The summed E-state index contributed by atoms with van der Waals surface area (Å²) in [5.41, 5.74) is 13.1. The Morgan fingerprint density at radius 3 is 2.30 bits per heavy atom. The Morgan fingerprint density at radius 2 is 1.70 bits per heavy atom. The summed E-state index contributed by atoms with van der Waals surface area (Å²) in [6, 6.07) is 7.25. The zero-order valence-electron chi connectivity index (χ0n) is 13.8. The third-order valence-corrected chi connectivity index (χ3v) is 2.99. The van der Waals surface area contributed by atoms with Crippen molar-refractivity contribution in [2.45, 2.75) is 33.2 Å². The van der Waals surface area contributed by atoms with E-state index >= 15 is 0 Å². The maximum atomic E-state index is 12.1. The van der Waals surface area contributed by atoms with Gasteiger partial charge in [-0.3, -0.25) is 15.6 Å². The van der Waals surface area contributed by atoms with Crippen LogP contribution in [0.4, 0.5) is 17.3 Å². The number of aryl methyl sites for hydroxylation is 1. The number of hydrogen-bond donors (Lipinski definition) is 4. The van der Waals surface area contributed by atoms with Crippen molar-refractivity contribution in [3.63, 3.8) is 0 Å². The third kappa shape index (κ3) is 4.57. The van der Waals surface area contributed by atoms with Crippen LogP contribution in [-0.4, -0.2) is 21.4 Å². The van der Waals surface area contributed by atoms with Crippen LogP contribution in [0.5, 0.6) is 0 Å². The van der Waals surface area contributed by atoms with Gasteiger partial charge in [0.2, 0.25) is 0 Å². The number of hydrazine groups is 1. The van der Waals surface area contributed by atoms with Crippen LogP contribution >= 0.6 is 0 Å². The Morgan fingerprint density at radius 1 is 1.09 bits per heavy atom. The van der Waals surface area contributed by atoms with Gasteiger partial charge in [0.25, 0.3) is 5.91 Å². The minimum atomic E-state index is -0.270. The van der Waals surface area contributed by atoms with Crippen LogP contribution in [0.1, 0.15) is 36.7 Å². The van der Waals surface area contributed by atoms with Crippen LogP contribution in [0.2, 0.25) is 0 Å². The molecule has 2 rings (SSSR count). The minimum Gasteiger partial charge on any atom is -0.393 e. The lowest BCUT2D eigenvalue weighted by Crippen LogP contribution is -2.31. The molecule has 0 saturated heterocycles. The van der Waals surface area contributed by atoms with Crippen LogP contribution in [0.3, 0.4) is 0 Å². The molecule has 23 heavy (non-hydrogen) atoms. The second-order valence-corrected chi connectivity index (χ2v) is 6.30. The van der Waals surface area contributed by atoms with Crippen molar-refractivity contribution < 1.29 is 4.79 Å². The molecule has 0 fully saturated rings. The minimum absolute atomic E-state index is 0.190. The summed E-state index contributed by atoms with van der Waals surface area (Å²) in [5, 5.41) is 3.19. The summed E-state index contributed by atoms with van der Waals surface area (Å²) in [7, 11) is 0. The van der Waals surface area contributed by atoms with Crippen molar-refractivity contribution in [3.05, 3.63) is 41.7 Å². The molecule has 7 nitrogen and oxygen atoms in total. The first-order chi connectivity index (χ1) is 10.8. The molecule has 1 aromatic heterocycles. The van der Waals surface area contributed by atoms with Crippen LogP contribution in [0.15, 0.2) is 30.6 Å². The fourth-order valence-electron chi connectivity index (χ4n) is 1.84. The second kappa shape index (κ2) is 6.51. The van der Waals surface area contributed by atoms with E-state index in [1.54, 1.807) is 12.1 Å². The van der Waals surface area contributed by atoms with E-state index in [-0.39, 0.29) is 11.4 Å². The standard InChI is InChI=1S/C16H22N6O/c1-10-5-7-11(8-6-10)15(23)22-21-14-12(17)13(18-9-19-14)20-16(2,3)4/h5-9H,17H2,1-4H3,(H,22,23)(H2,18,19,20,21). The maximum Gasteiger partial charge on any atom is 0.269 e. The molecule has 5 N–H and O–H groups in total. The van der Waals surface area contributed by atoms with E-state index in [4.69, 9.17) is 5.73 Å². The molecule has 0 atom stereocenters. The van der Waals surface area contributed by atoms with Gasteiger partial charge < -0.3 is 11.1 Å². The van der Waals surface area contributed by atoms with Gasteiger partial charge in [0.15, 0.2) is 11.6 Å². The number of rotatable bonds is 4. The molecular formula is C16H22N6O. The highest BCUT2D eigenvalue weighted by atomic mass is 16.2. The molecule has 0 spiro atoms. The van der Waals surface area contributed by atoms with Crippen molar-refractivity contribution in [2.24, 2.45) is 0 Å². The van der Waals surface area contributed by atoms with Gasteiger partial charge in [0.1, 0.15) is 12.0 Å². The van der Waals surface area contributed by atoms with Crippen LogP contribution in [0, 0.1) is 6.92 Å². The second-order valence-electron chi connectivity index (χ2n) is 6.30. The Bertz CT molecular complexity index is 691. The highest BCUT2D eigenvalue weighted by molar-refractivity contribution is 5.95. The topological polar surface area (TPSA) is 105 Å². The largest absolute Gasteiger partial charge is 0.393 e. The average Bonchev–Trinajstić information content (AvgIpc) is 2.47. The number of nitrogens with zero attached hydrogens (tertiary/aromatic N) is 2. The Kier molecular flexibility index (Phi) is 4.68. The smallest absolute Gasteiger partial charge is 0.269 e. The number of amides is 1. The fraction of sp³-hybridized carbons (Fsp3) is 0.312. The SMILES string of the molecule is Cc1ccc(C(=O)NNc2ncnc(NC(C)(C)C)c2N)cc1. The molecule has 122 valence electrons. The van der Waals surface area contributed by atoms with Crippen molar-refractivity contribution in [1.82, 2.24) is 15.4 Å². The highest BCUT2D eigenvalue weighted by Crippen LogP contribution is 2.24. The molecule has 1 heterocycles. The van der Waals surface area contributed by atoms with E-state index in [2.05, 4.69) is 26.1 Å². The molecular weight excluding hydrogens is 292 g/mol. The molecule has 0 aliphatic rings. The van der Waals surface area contributed by atoms with E-state index in [9.17, 15) is 4.79 Å². The first kappa shape index (κ1) is 16.5. The van der Waals surface area contributed by atoms with E-state index in [0.717, 1.165) is 5.56 Å². The molecule has 0 unspecified atom stereocenters. The molecule has 0 radical (unpaired) electrons. The number of nitrogen functional groups attached to an aromatic ring is 1. The van der Waals surface area contributed by atoms with Gasteiger partial charge in [0, 0.05) is 11.1 Å². The number of carbonyl (C=O) groups is 1. The van der Waals surface area contributed by atoms with Gasteiger partial charge in [-0.05, 0) is 39.8 Å². The number of hydrogen-bond acceptors (Lipinski definition) is 6. The molecule has 0 aliphatic carbocycles. The molecule has 1 amide bonds. The molecule has 7 heteroatoms. The van der Waals surface area contributed by atoms with Crippen molar-refractivity contribution in [2.75, 3.05) is 16.5 Å². The zero-order chi connectivity index (χ0) is 17.0. The van der Waals surface area contributed by atoms with Gasteiger partial charge in [-0.2, -0.15) is 0 Å². The van der Waals surface area contributed by atoms with Crippen LogP contribution in [-0.2, 0) is 0 Å². The molecule has 0 aliphatic heterocycles. The van der Waals surface area contributed by atoms with E-state index < -0.39 is 0 Å². The summed E-state index contributed by atoms with van der Waals surface area (Å²) < 4.78 is 0. The first-order valence-corrected chi connectivity index (χ1v) is 7.28. The number of carbonyl (C=O) groups excluding carboxylic acids is 1. The molecule has 1 aromatic carbocycles. The molecule has 0 saturated carbocycles. The fourth-order valence-corrected chi connectivity index (χ4v) is 1.84. The number of aromatic nitrogens is 2. The number of nitrogens with two attached hydrogens (primary N) is 1. The quantitative estimate of drug-likeness (QED) is 0.646. The van der Waals surface area contributed by atoms with Gasteiger partial charge in [0.05, 0.1) is 0 Å². The van der Waals surface area contributed by atoms with Gasteiger partial charge in [-0.1, -0.05) is 17.7 Å². The number of anilines is 3. The molecule has 2 aromatic rings. The van der Waals surface area contributed by atoms with Crippen molar-refractivity contribution in [1.29, 1.82) is 0 Å². The average molecular weight is 314 g/mol. The lowest BCUT2D eigenvalue weighted by molar-refractivity contribution is 0.0962. The van der Waals surface area contributed by atoms with E-state index in [1.807, 2.05) is 39.8 Å². The summed E-state index contributed by atoms with van der Waals surface area (Å²) in [6.45, 7) is 7.97. The number of nitrogens with one attached hydrogen (secondary N) is 3. The first-order valence-electron chi connectivity index (χ1n) is 7.28. The third-order valence-electron chi connectivity index (χ3n) is 2.99. The van der Waals surface area contributed by atoms with E-state index in [1.165, 1.54) is 6.33 Å². The normalized spacial score (nSPS) is 11.0. The van der Waals surface area contributed by atoms with Crippen molar-refractivity contribution in [3.8, 4) is 0 Å². The predicted octanol–water partition coefficient (Wildman–Crippen LogP) is 2.33. The summed E-state index contributed by atoms with van der Waals surface area (Å²) >= 11 is 0. The Hall–Kier alpha value is -2.83. The number of benzene rings is 1. The molecule has 0 bridgehead atoms.